The molecule has 1 aromatic carbocycles. The van der Waals surface area contributed by atoms with E-state index < -0.39 is 0 Å². The molecule has 5 nitrogen and oxygen atoms in total. The molecule has 1 aliphatic heterocycles. The van der Waals surface area contributed by atoms with E-state index >= 15 is 0 Å². The summed E-state index contributed by atoms with van der Waals surface area (Å²) in [6, 6.07) is 11.6. The van der Waals surface area contributed by atoms with Crippen LogP contribution >= 0.6 is 11.3 Å². The Labute approximate surface area is 143 Å². The van der Waals surface area contributed by atoms with Crippen molar-refractivity contribution < 1.29 is 4.79 Å². The topological polar surface area (TPSA) is 61.0 Å². The highest BCUT2D eigenvalue weighted by Crippen LogP contribution is 2.37. The van der Waals surface area contributed by atoms with Crippen molar-refractivity contribution in [2.75, 3.05) is 11.9 Å². The Hall–Kier alpha value is -2.86. The molecular weight excluding hydrogens is 320 g/mol. The van der Waals surface area contributed by atoms with Crippen LogP contribution in [0.15, 0.2) is 60.6 Å². The van der Waals surface area contributed by atoms with Gasteiger partial charge in [-0.15, -0.1) is 17.9 Å². The molecule has 0 saturated carbocycles. The second-order valence-electron chi connectivity index (χ2n) is 5.52. The van der Waals surface area contributed by atoms with E-state index in [0.29, 0.717) is 12.1 Å². The molecule has 1 aliphatic rings. The summed E-state index contributed by atoms with van der Waals surface area (Å²) in [7, 11) is 0. The van der Waals surface area contributed by atoms with Gasteiger partial charge >= 0.3 is 0 Å². The monoisotopic (exact) mass is 336 g/mol. The maximum atomic E-state index is 12.9. The molecule has 2 aromatic heterocycles. The molecule has 1 atom stereocenters. The summed E-state index contributed by atoms with van der Waals surface area (Å²) in [4.78, 5) is 15.8. The van der Waals surface area contributed by atoms with Crippen LogP contribution in [0, 0.1) is 0 Å². The van der Waals surface area contributed by atoms with Crippen LogP contribution in [0.5, 0.6) is 0 Å². The van der Waals surface area contributed by atoms with Crippen molar-refractivity contribution >= 4 is 22.9 Å². The van der Waals surface area contributed by atoms with E-state index in [4.69, 9.17) is 0 Å². The molecule has 3 heterocycles. The SMILES string of the molecule is C=CCN1C(=O)c2ccccc2NC1c1cn[nH]c1-c1cccs1. The van der Waals surface area contributed by atoms with Crippen LogP contribution in [-0.4, -0.2) is 27.5 Å². The van der Waals surface area contributed by atoms with Gasteiger partial charge in [0.2, 0.25) is 0 Å². The summed E-state index contributed by atoms with van der Waals surface area (Å²) in [5.41, 5.74) is 3.40. The Morgan fingerprint density at radius 3 is 2.96 bits per heavy atom. The summed E-state index contributed by atoms with van der Waals surface area (Å²) >= 11 is 1.64. The number of nitrogens with one attached hydrogen (secondary N) is 2. The highest BCUT2D eigenvalue weighted by molar-refractivity contribution is 7.13. The number of rotatable bonds is 4. The van der Waals surface area contributed by atoms with Crippen LogP contribution in [-0.2, 0) is 0 Å². The van der Waals surface area contributed by atoms with Gasteiger partial charge < -0.3 is 10.2 Å². The third-order valence-electron chi connectivity index (χ3n) is 4.08. The van der Waals surface area contributed by atoms with Crippen molar-refractivity contribution in [1.29, 1.82) is 0 Å². The molecule has 24 heavy (non-hydrogen) atoms. The largest absolute Gasteiger partial charge is 0.361 e. The van der Waals surface area contributed by atoms with E-state index in [1.54, 1.807) is 28.5 Å². The number of hydrogen-bond donors (Lipinski definition) is 2. The van der Waals surface area contributed by atoms with Crippen molar-refractivity contribution in [3.63, 3.8) is 0 Å². The highest BCUT2D eigenvalue weighted by atomic mass is 32.1. The van der Waals surface area contributed by atoms with Gasteiger partial charge in [-0.25, -0.2) is 0 Å². The van der Waals surface area contributed by atoms with Gasteiger partial charge in [-0.2, -0.15) is 5.10 Å². The molecule has 0 spiro atoms. The van der Waals surface area contributed by atoms with E-state index in [-0.39, 0.29) is 12.1 Å². The van der Waals surface area contributed by atoms with Gasteiger partial charge in [0, 0.05) is 17.8 Å². The average molecular weight is 336 g/mol. The molecular formula is C18H16N4OS. The van der Waals surface area contributed by atoms with Crippen molar-refractivity contribution in [2.24, 2.45) is 0 Å². The van der Waals surface area contributed by atoms with Gasteiger partial charge in [-0.05, 0) is 23.6 Å². The van der Waals surface area contributed by atoms with Gasteiger partial charge in [0.05, 0.1) is 22.3 Å². The standard InChI is InChI=1S/C18H16N4OS/c1-2-9-22-17(20-14-7-4-3-6-12(14)18(22)23)13-11-19-21-16(13)15-8-5-10-24-15/h2-8,10-11,17,20H,1,9H2,(H,19,21). The van der Waals surface area contributed by atoms with Crippen LogP contribution in [0.3, 0.4) is 0 Å². The van der Waals surface area contributed by atoms with Gasteiger partial charge in [0.25, 0.3) is 5.91 Å². The Morgan fingerprint density at radius 1 is 1.29 bits per heavy atom. The van der Waals surface area contributed by atoms with Gasteiger partial charge in [0.15, 0.2) is 0 Å². The molecule has 6 heteroatoms. The first-order chi connectivity index (χ1) is 11.8. The number of fused-ring (bicyclic) bond motifs is 1. The zero-order valence-electron chi connectivity index (χ0n) is 12.9. The minimum atomic E-state index is -0.291. The first-order valence-corrected chi connectivity index (χ1v) is 8.52. The second kappa shape index (κ2) is 5.98. The molecule has 0 bridgehead atoms. The summed E-state index contributed by atoms with van der Waals surface area (Å²) in [5, 5.41) is 12.8. The third-order valence-corrected chi connectivity index (χ3v) is 4.97. The first kappa shape index (κ1) is 14.7. The molecule has 0 fully saturated rings. The van der Waals surface area contributed by atoms with Gasteiger partial charge in [-0.1, -0.05) is 24.3 Å². The number of amides is 1. The molecule has 120 valence electrons. The Bertz CT molecular complexity index is 884. The fourth-order valence-electron chi connectivity index (χ4n) is 2.99. The normalized spacial score (nSPS) is 16.6. The minimum absolute atomic E-state index is 0.00687. The van der Waals surface area contributed by atoms with Gasteiger partial charge in [-0.3, -0.25) is 9.89 Å². The fourth-order valence-corrected chi connectivity index (χ4v) is 3.73. The number of carbonyl (C=O) groups excluding carboxylic acids is 1. The molecule has 1 unspecified atom stereocenters. The van der Waals surface area contributed by atoms with E-state index in [0.717, 1.165) is 21.8 Å². The summed E-state index contributed by atoms with van der Waals surface area (Å²) in [5.74, 6) is -0.00687. The predicted octanol–water partition coefficient (Wildman–Crippen LogP) is 3.89. The fraction of sp³-hybridized carbons (Fsp3) is 0.111. The van der Waals surface area contributed by atoms with Crippen LogP contribution in [0.25, 0.3) is 10.6 Å². The maximum Gasteiger partial charge on any atom is 0.258 e. The van der Waals surface area contributed by atoms with Gasteiger partial charge in [0.1, 0.15) is 6.17 Å². The third kappa shape index (κ3) is 2.32. The lowest BCUT2D eigenvalue weighted by atomic mass is 10.0. The van der Waals surface area contributed by atoms with Crippen molar-refractivity contribution in [3.8, 4) is 10.6 Å². The lowest BCUT2D eigenvalue weighted by molar-refractivity contribution is 0.0708. The van der Waals surface area contributed by atoms with E-state index in [2.05, 4.69) is 22.1 Å². The molecule has 0 aliphatic carbocycles. The molecule has 1 amide bonds. The number of H-pyrrole nitrogens is 1. The number of anilines is 1. The van der Waals surface area contributed by atoms with Crippen LogP contribution in [0.2, 0.25) is 0 Å². The lowest BCUT2D eigenvalue weighted by Crippen LogP contribution is -2.43. The number of aromatic amines is 1. The summed E-state index contributed by atoms with van der Waals surface area (Å²) in [6.45, 7) is 4.25. The number of hydrogen-bond acceptors (Lipinski definition) is 4. The number of para-hydroxylation sites is 1. The number of carbonyl (C=O) groups is 1. The van der Waals surface area contributed by atoms with Crippen LogP contribution in [0.4, 0.5) is 5.69 Å². The Kier molecular flexibility index (Phi) is 3.66. The molecule has 2 N–H and O–H groups in total. The Balaban J connectivity index is 1.81. The van der Waals surface area contributed by atoms with Crippen molar-refractivity contribution in [2.45, 2.75) is 6.17 Å². The summed E-state index contributed by atoms with van der Waals surface area (Å²) in [6.07, 6.45) is 3.23. The molecule has 0 saturated heterocycles. The second-order valence-corrected chi connectivity index (χ2v) is 6.46. The summed E-state index contributed by atoms with van der Waals surface area (Å²) < 4.78 is 0. The van der Waals surface area contributed by atoms with E-state index in [1.165, 1.54) is 0 Å². The van der Waals surface area contributed by atoms with E-state index in [9.17, 15) is 4.79 Å². The van der Waals surface area contributed by atoms with Crippen LogP contribution in [0.1, 0.15) is 22.1 Å². The number of nitrogens with zero attached hydrogens (tertiary/aromatic N) is 2. The maximum absolute atomic E-state index is 12.9. The lowest BCUT2D eigenvalue weighted by Gasteiger charge is -2.37. The van der Waals surface area contributed by atoms with Crippen LogP contribution < -0.4 is 5.32 Å². The predicted molar refractivity (Wildman–Crippen MR) is 95.9 cm³/mol. The number of benzene rings is 1. The Morgan fingerprint density at radius 2 is 2.17 bits per heavy atom. The molecule has 3 aromatic rings. The highest BCUT2D eigenvalue weighted by Gasteiger charge is 2.34. The molecule has 0 radical (unpaired) electrons. The molecule has 4 rings (SSSR count). The number of aromatic nitrogens is 2. The zero-order chi connectivity index (χ0) is 16.5. The zero-order valence-corrected chi connectivity index (χ0v) is 13.7. The van der Waals surface area contributed by atoms with Crippen molar-refractivity contribution in [3.05, 3.63) is 71.8 Å². The number of thiophene rings is 1. The quantitative estimate of drug-likeness (QED) is 0.711. The van der Waals surface area contributed by atoms with Crippen molar-refractivity contribution in [1.82, 2.24) is 15.1 Å². The first-order valence-electron chi connectivity index (χ1n) is 7.64. The average Bonchev–Trinajstić information content (AvgIpc) is 3.28. The minimum Gasteiger partial charge on any atom is -0.361 e. The smallest absolute Gasteiger partial charge is 0.258 e. The van der Waals surface area contributed by atoms with E-state index in [1.807, 2.05) is 41.8 Å².